The van der Waals surface area contributed by atoms with Gasteiger partial charge in [-0.15, -0.1) is 22.7 Å². The SMILES string of the molecule is Cc1c(-c2csc(-c3ccncc3)n2)sc2ccccc12. The van der Waals surface area contributed by atoms with Gasteiger partial charge in [-0.25, -0.2) is 4.98 Å². The molecular formula is C17H12N2S2. The Bertz CT molecular complexity index is 907. The van der Waals surface area contributed by atoms with Gasteiger partial charge in [0.2, 0.25) is 0 Å². The van der Waals surface area contributed by atoms with E-state index in [1.54, 1.807) is 23.7 Å². The largest absolute Gasteiger partial charge is 0.265 e. The second-order valence-electron chi connectivity index (χ2n) is 4.83. The van der Waals surface area contributed by atoms with Crippen LogP contribution in [0.5, 0.6) is 0 Å². The highest BCUT2D eigenvalue weighted by atomic mass is 32.1. The van der Waals surface area contributed by atoms with E-state index in [0.717, 1.165) is 16.3 Å². The van der Waals surface area contributed by atoms with Crippen LogP contribution >= 0.6 is 22.7 Å². The highest BCUT2D eigenvalue weighted by Crippen LogP contribution is 2.39. The molecule has 21 heavy (non-hydrogen) atoms. The minimum atomic E-state index is 1.05. The Balaban J connectivity index is 1.83. The topological polar surface area (TPSA) is 25.8 Å². The van der Waals surface area contributed by atoms with Gasteiger partial charge in [-0.05, 0) is 36.1 Å². The summed E-state index contributed by atoms with van der Waals surface area (Å²) in [6.07, 6.45) is 3.61. The molecule has 3 heterocycles. The molecule has 0 fully saturated rings. The number of pyridine rings is 1. The molecule has 4 rings (SSSR count). The number of aromatic nitrogens is 2. The molecular weight excluding hydrogens is 296 g/mol. The van der Waals surface area contributed by atoms with Crippen molar-refractivity contribution in [1.82, 2.24) is 9.97 Å². The van der Waals surface area contributed by atoms with Crippen LogP contribution in [-0.2, 0) is 0 Å². The molecule has 102 valence electrons. The van der Waals surface area contributed by atoms with Gasteiger partial charge in [-0.3, -0.25) is 4.98 Å². The maximum absolute atomic E-state index is 4.81. The number of hydrogen-bond donors (Lipinski definition) is 0. The Labute approximate surface area is 130 Å². The van der Waals surface area contributed by atoms with E-state index in [-0.39, 0.29) is 0 Å². The summed E-state index contributed by atoms with van der Waals surface area (Å²) in [6, 6.07) is 12.5. The molecule has 0 radical (unpaired) electrons. The molecule has 1 aromatic carbocycles. The minimum Gasteiger partial charge on any atom is -0.265 e. The maximum atomic E-state index is 4.81. The summed E-state index contributed by atoms with van der Waals surface area (Å²) in [7, 11) is 0. The van der Waals surface area contributed by atoms with E-state index in [2.05, 4.69) is 41.6 Å². The van der Waals surface area contributed by atoms with E-state index < -0.39 is 0 Å². The van der Waals surface area contributed by atoms with Gasteiger partial charge >= 0.3 is 0 Å². The van der Waals surface area contributed by atoms with Crippen molar-refractivity contribution in [2.45, 2.75) is 6.92 Å². The number of aryl methyl sites for hydroxylation is 1. The third kappa shape index (κ3) is 2.17. The predicted octanol–water partition coefficient (Wildman–Crippen LogP) is 5.40. The Morgan fingerprint density at radius 3 is 2.62 bits per heavy atom. The molecule has 0 saturated heterocycles. The van der Waals surface area contributed by atoms with Crippen LogP contribution in [0, 0.1) is 6.92 Å². The van der Waals surface area contributed by atoms with E-state index in [1.807, 2.05) is 23.5 Å². The Morgan fingerprint density at radius 1 is 1.00 bits per heavy atom. The number of fused-ring (bicyclic) bond motifs is 1. The summed E-state index contributed by atoms with van der Waals surface area (Å²) in [5.74, 6) is 0. The number of rotatable bonds is 2. The summed E-state index contributed by atoms with van der Waals surface area (Å²) in [4.78, 5) is 10.1. The first-order chi connectivity index (χ1) is 10.3. The molecule has 0 bridgehead atoms. The van der Waals surface area contributed by atoms with Crippen LogP contribution in [0.1, 0.15) is 5.56 Å². The van der Waals surface area contributed by atoms with Crippen LogP contribution < -0.4 is 0 Å². The second-order valence-corrected chi connectivity index (χ2v) is 6.74. The molecule has 0 unspecified atom stereocenters. The molecule has 0 saturated carbocycles. The van der Waals surface area contributed by atoms with Gasteiger partial charge in [0.05, 0.1) is 10.6 Å². The van der Waals surface area contributed by atoms with Crippen molar-refractivity contribution in [3.63, 3.8) is 0 Å². The average Bonchev–Trinajstić information content (AvgIpc) is 3.14. The second kappa shape index (κ2) is 5.06. The lowest BCUT2D eigenvalue weighted by molar-refractivity contribution is 1.32. The fourth-order valence-electron chi connectivity index (χ4n) is 2.42. The molecule has 2 nitrogen and oxygen atoms in total. The standard InChI is InChI=1S/C17H12N2S2/c1-11-13-4-2-3-5-15(13)21-16(11)14-10-20-17(19-14)12-6-8-18-9-7-12/h2-10H,1H3. The van der Waals surface area contributed by atoms with Crippen LogP contribution in [0.15, 0.2) is 54.2 Å². The van der Waals surface area contributed by atoms with E-state index in [9.17, 15) is 0 Å². The summed E-state index contributed by atoms with van der Waals surface area (Å²) < 4.78 is 1.32. The Kier molecular flexibility index (Phi) is 3.05. The number of benzene rings is 1. The Hall–Kier alpha value is -2.04. The van der Waals surface area contributed by atoms with E-state index in [4.69, 9.17) is 4.98 Å². The van der Waals surface area contributed by atoms with Crippen LogP contribution in [0.2, 0.25) is 0 Å². The monoisotopic (exact) mass is 308 g/mol. The summed E-state index contributed by atoms with van der Waals surface area (Å²) in [6.45, 7) is 2.18. The molecule has 3 aromatic heterocycles. The lowest BCUT2D eigenvalue weighted by Gasteiger charge is -1.95. The summed E-state index contributed by atoms with van der Waals surface area (Å²) in [5.41, 5.74) is 3.52. The molecule has 0 N–H and O–H groups in total. The van der Waals surface area contributed by atoms with Crippen molar-refractivity contribution in [2.24, 2.45) is 0 Å². The lowest BCUT2D eigenvalue weighted by atomic mass is 10.1. The normalized spacial score (nSPS) is 11.1. The van der Waals surface area contributed by atoms with Crippen LogP contribution in [0.3, 0.4) is 0 Å². The van der Waals surface area contributed by atoms with Crippen molar-refractivity contribution in [3.8, 4) is 21.1 Å². The fraction of sp³-hybridized carbons (Fsp3) is 0.0588. The summed E-state index contributed by atoms with van der Waals surface area (Å²) >= 11 is 3.50. The quantitative estimate of drug-likeness (QED) is 0.496. The zero-order valence-electron chi connectivity index (χ0n) is 11.4. The van der Waals surface area contributed by atoms with Crippen LogP contribution in [-0.4, -0.2) is 9.97 Å². The van der Waals surface area contributed by atoms with E-state index in [0.29, 0.717) is 0 Å². The van der Waals surface area contributed by atoms with E-state index in [1.165, 1.54) is 20.5 Å². The van der Waals surface area contributed by atoms with Gasteiger partial charge < -0.3 is 0 Å². The van der Waals surface area contributed by atoms with Crippen molar-refractivity contribution < 1.29 is 0 Å². The number of thiazole rings is 1. The number of nitrogens with zero attached hydrogens (tertiary/aromatic N) is 2. The zero-order valence-corrected chi connectivity index (χ0v) is 13.0. The van der Waals surface area contributed by atoms with E-state index >= 15 is 0 Å². The molecule has 0 aliphatic heterocycles. The Morgan fingerprint density at radius 2 is 1.81 bits per heavy atom. The molecule has 0 aliphatic carbocycles. The third-order valence-electron chi connectivity index (χ3n) is 3.51. The molecule has 4 heteroatoms. The molecule has 0 aliphatic rings. The molecule has 0 spiro atoms. The van der Waals surface area contributed by atoms with Gasteiger partial charge in [-0.2, -0.15) is 0 Å². The smallest absolute Gasteiger partial charge is 0.124 e. The van der Waals surface area contributed by atoms with Crippen molar-refractivity contribution >= 4 is 32.8 Å². The number of thiophene rings is 1. The summed E-state index contributed by atoms with van der Waals surface area (Å²) in [5, 5.41) is 4.52. The highest BCUT2D eigenvalue weighted by Gasteiger charge is 2.13. The first kappa shape index (κ1) is 12.7. The van der Waals surface area contributed by atoms with Crippen LogP contribution in [0.4, 0.5) is 0 Å². The van der Waals surface area contributed by atoms with Crippen molar-refractivity contribution in [3.05, 3.63) is 59.7 Å². The van der Waals surface area contributed by atoms with Gasteiger partial charge in [0.25, 0.3) is 0 Å². The molecule has 0 atom stereocenters. The molecule has 0 amide bonds. The van der Waals surface area contributed by atoms with Gasteiger partial charge in [0, 0.05) is 28.0 Å². The predicted molar refractivity (Wildman–Crippen MR) is 90.9 cm³/mol. The fourth-order valence-corrected chi connectivity index (χ4v) is 4.49. The first-order valence-corrected chi connectivity index (χ1v) is 8.37. The lowest BCUT2D eigenvalue weighted by Crippen LogP contribution is -1.79. The third-order valence-corrected chi connectivity index (χ3v) is 5.69. The maximum Gasteiger partial charge on any atom is 0.124 e. The van der Waals surface area contributed by atoms with Crippen LogP contribution in [0.25, 0.3) is 31.2 Å². The number of hydrogen-bond acceptors (Lipinski definition) is 4. The van der Waals surface area contributed by atoms with Crippen molar-refractivity contribution in [2.75, 3.05) is 0 Å². The molecule has 4 aromatic rings. The highest BCUT2D eigenvalue weighted by molar-refractivity contribution is 7.22. The van der Waals surface area contributed by atoms with Crippen molar-refractivity contribution in [1.29, 1.82) is 0 Å². The van der Waals surface area contributed by atoms with Gasteiger partial charge in [0.15, 0.2) is 0 Å². The minimum absolute atomic E-state index is 1.05. The average molecular weight is 308 g/mol. The first-order valence-electron chi connectivity index (χ1n) is 6.67. The zero-order chi connectivity index (χ0) is 14.2. The van der Waals surface area contributed by atoms with Gasteiger partial charge in [0.1, 0.15) is 5.01 Å². The van der Waals surface area contributed by atoms with Gasteiger partial charge in [-0.1, -0.05) is 18.2 Å².